The zero-order valence-corrected chi connectivity index (χ0v) is 15.9. The van der Waals surface area contributed by atoms with Crippen LogP contribution in [0, 0.1) is 0 Å². The van der Waals surface area contributed by atoms with Crippen molar-refractivity contribution in [2.75, 3.05) is 13.1 Å². The summed E-state index contributed by atoms with van der Waals surface area (Å²) in [5, 5.41) is 6.13. The number of hydrogen-bond donors (Lipinski definition) is 3. The summed E-state index contributed by atoms with van der Waals surface area (Å²) in [6.07, 6.45) is 4.49. The molecule has 0 radical (unpaired) electrons. The zero-order valence-electron chi connectivity index (χ0n) is 15.9. The van der Waals surface area contributed by atoms with Gasteiger partial charge >= 0.3 is 0 Å². The smallest absolute Gasteiger partial charge is 0.273 e. The number of H-pyrrole nitrogens is 1. The fraction of sp³-hybridized carbons (Fsp3) is 0.238. The van der Waals surface area contributed by atoms with Crippen molar-refractivity contribution in [1.82, 2.24) is 30.6 Å². The van der Waals surface area contributed by atoms with Gasteiger partial charge in [0.25, 0.3) is 5.91 Å². The Hall–Kier alpha value is -3.52. The van der Waals surface area contributed by atoms with Gasteiger partial charge in [-0.05, 0) is 24.3 Å². The number of benzene rings is 1. The molecule has 8 nitrogen and oxygen atoms in total. The Bertz CT molecular complexity index is 1040. The third-order valence-corrected chi connectivity index (χ3v) is 4.43. The molecule has 3 heterocycles. The van der Waals surface area contributed by atoms with Crippen LogP contribution < -0.4 is 10.6 Å². The monoisotopic (exact) mass is 390 g/mol. The maximum atomic E-state index is 12.2. The number of carbonyl (C=O) groups excluding carboxylic acids is 1. The lowest BCUT2D eigenvalue weighted by molar-refractivity contribution is 0.0945. The van der Waals surface area contributed by atoms with Crippen molar-refractivity contribution in [2.24, 2.45) is 0 Å². The predicted octanol–water partition coefficient (Wildman–Crippen LogP) is 2.25. The van der Waals surface area contributed by atoms with E-state index in [2.05, 4.69) is 30.6 Å². The number of nitrogens with one attached hydrogen (secondary N) is 3. The summed E-state index contributed by atoms with van der Waals surface area (Å²) in [7, 11) is 0. The van der Waals surface area contributed by atoms with E-state index in [0.29, 0.717) is 25.4 Å². The van der Waals surface area contributed by atoms with Gasteiger partial charge in [0, 0.05) is 32.1 Å². The van der Waals surface area contributed by atoms with E-state index in [1.807, 2.05) is 42.5 Å². The Balaban J connectivity index is 1.17. The normalized spacial score (nSPS) is 11.0. The number of aromatic amines is 1. The molecular formula is C21H22N6O2. The Morgan fingerprint density at radius 1 is 1.03 bits per heavy atom. The lowest BCUT2D eigenvalue weighted by Gasteiger charge is -2.02. The summed E-state index contributed by atoms with van der Waals surface area (Å²) in [5.74, 6) is 1.22. The van der Waals surface area contributed by atoms with Gasteiger partial charge in [-0.1, -0.05) is 18.2 Å². The van der Waals surface area contributed by atoms with Crippen LogP contribution in [0.1, 0.15) is 27.9 Å². The number of rotatable bonds is 9. The number of fused-ring (bicyclic) bond motifs is 1. The SMILES string of the molecule is O=C(NCc1ccccn1)c1coc(CCNCCc2nc3ccccc3[nH]2)n1. The largest absolute Gasteiger partial charge is 0.448 e. The van der Waals surface area contributed by atoms with Crippen molar-refractivity contribution in [3.05, 3.63) is 78.0 Å². The maximum Gasteiger partial charge on any atom is 0.273 e. The van der Waals surface area contributed by atoms with E-state index in [-0.39, 0.29) is 11.6 Å². The topological polar surface area (TPSA) is 109 Å². The van der Waals surface area contributed by atoms with Crippen LogP contribution in [-0.2, 0) is 19.4 Å². The summed E-state index contributed by atoms with van der Waals surface area (Å²) in [6, 6.07) is 13.6. The van der Waals surface area contributed by atoms with Gasteiger partial charge in [0.15, 0.2) is 11.6 Å². The number of nitrogens with zero attached hydrogens (tertiary/aromatic N) is 3. The standard InChI is InChI=1S/C21H22N6O2/c28-21(24-13-15-5-3-4-10-23-15)18-14-29-20(27-18)9-12-22-11-8-19-25-16-6-1-2-7-17(16)26-19/h1-7,10,14,22H,8-9,11-13H2,(H,24,28)(H,25,26). The maximum absolute atomic E-state index is 12.2. The van der Waals surface area contributed by atoms with Crippen molar-refractivity contribution in [3.63, 3.8) is 0 Å². The van der Waals surface area contributed by atoms with Crippen molar-refractivity contribution in [3.8, 4) is 0 Å². The highest BCUT2D eigenvalue weighted by Gasteiger charge is 2.12. The third-order valence-electron chi connectivity index (χ3n) is 4.43. The van der Waals surface area contributed by atoms with Gasteiger partial charge < -0.3 is 20.0 Å². The van der Waals surface area contributed by atoms with Crippen LogP contribution in [0.3, 0.4) is 0 Å². The van der Waals surface area contributed by atoms with Gasteiger partial charge in [-0.2, -0.15) is 0 Å². The lowest BCUT2D eigenvalue weighted by atomic mass is 10.3. The van der Waals surface area contributed by atoms with E-state index < -0.39 is 0 Å². The van der Waals surface area contributed by atoms with Crippen LogP contribution >= 0.6 is 0 Å². The van der Waals surface area contributed by atoms with Gasteiger partial charge in [0.2, 0.25) is 0 Å². The molecule has 0 aliphatic rings. The first-order valence-corrected chi connectivity index (χ1v) is 9.55. The molecular weight excluding hydrogens is 368 g/mol. The predicted molar refractivity (Wildman–Crippen MR) is 108 cm³/mol. The number of para-hydroxylation sites is 2. The quantitative estimate of drug-likeness (QED) is 0.378. The molecule has 0 unspecified atom stereocenters. The van der Waals surface area contributed by atoms with E-state index in [0.717, 1.165) is 35.5 Å². The molecule has 3 aromatic heterocycles. The molecule has 0 aliphatic heterocycles. The first kappa shape index (κ1) is 18.8. The van der Waals surface area contributed by atoms with Crippen molar-refractivity contribution in [2.45, 2.75) is 19.4 Å². The highest BCUT2D eigenvalue weighted by Crippen LogP contribution is 2.10. The van der Waals surface area contributed by atoms with E-state index >= 15 is 0 Å². The number of imidazole rings is 1. The van der Waals surface area contributed by atoms with Crippen LogP contribution in [0.4, 0.5) is 0 Å². The molecule has 4 aromatic rings. The Kier molecular flexibility index (Phi) is 5.92. The van der Waals surface area contributed by atoms with E-state index in [1.165, 1.54) is 6.26 Å². The van der Waals surface area contributed by atoms with Crippen LogP contribution in [0.5, 0.6) is 0 Å². The molecule has 0 fully saturated rings. The highest BCUT2D eigenvalue weighted by molar-refractivity contribution is 5.91. The van der Waals surface area contributed by atoms with E-state index in [1.54, 1.807) is 6.20 Å². The van der Waals surface area contributed by atoms with Gasteiger partial charge in [-0.25, -0.2) is 9.97 Å². The minimum atomic E-state index is -0.275. The number of aromatic nitrogens is 4. The summed E-state index contributed by atoms with van der Waals surface area (Å²) in [5.41, 5.74) is 3.10. The first-order valence-electron chi connectivity index (χ1n) is 9.55. The molecule has 8 heteroatoms. The highest BCUT2D eigenvalue weighted by atomic mass is 16.3. The minimum absolute atomic E-state index is 0.275. The van der Waals surface area contributed by atoms with Crippen LogP contribution in [0.25, 0.3) is 11.0 Å². The average Bonchev–Trinajstić information content (AvgIpc) is 3.39. The molecule has 1 aromatic carbocycles. The van der Waals surface area contributed by atoms with Gasteiger partial charge in [-0.15, -0.1) is 0 Å². The number of carbonyl (C=O) groups is 1. The number of pyridine rings is 1. The molecule has 0 saturated heterocycles. The molecule has 4 rings (SSSR count). The Labute approximate surface area is 167 Å². The van der Waals surface area contributed by atoms with Crippen molar-refractivity contribution < 1.29 is 9.21 Å². The minimum Gasteiger partial charge on any atom is -0.448 e. The molecule has 0 saturated carbocycles. The summed E-state index contributed by atoms with van der Waals surface area (Å²) < 4.78 is 5.40. The van der Waals surface area contributed by atoms with Crippen molar-refractivity contribution >= 4 is 16.9 Å². The summed E-state index contributed by atoms with van der Waals surface area (Å²) >= 11 is 0. The second kappa shape index (κ2) is 9.11. The molecule has 148 valence electrons. The number of hydrogen-bond acceptors (Lipinski definition) is 6. The fourth-order valence-corrected chi connectivity index (χ4v) is 2.95. The third kappa shape index (κ3) is 5.05. The second-order valence-electron chi connectivity index (χ2n) is 6.58. The van der Waals surface area contributed by atoms with Gasteiger partial charge in [-0.3, -0.25) is 9.78 Å². The number of oxazole rings is 1. The van der Waals surface area contributed by atoms with Crippen LogP contribution in [0.15, 0.2) is 59.3 Å². The summed E-state index contributed by atoms with van der Waals surface area (Å²) in [6.45, 7) is 1.85. The summed E-state index contributed by atoms with van der Waals surface area (Å²) in [4.78, 5) is 28.4. The molecule has 3 N–H and O–H groups in total. The van der Waals surface area contributed by atoms with Crippen molar-refractivity contribution in [1.29, 1.82) is 0 Å². The van der Waals surface area contributed by atoms with Gasteiger partial charge in [0.1, 0.15) is 12.1 Å². The lowest BCUT2D eigenvalue weighted by Crippen LogP contribution is -2.24. The zero-order chi connectivity index (χ0) is 19.9. The van der Waals surface area contributed by atoms with Gasteiger partial charge in [0.05, 0.1) is 23.3 Å². The molecule has 0 bridgehead atoms. The second-order valence-corrected chi connectivity index (χ2v) is 6.58. The molecule has 0 spiro atoms. The Morgan fingerprint density at radius 2 is 1.90 bits per heavy atom. The van der Waals surface area contributed by atoms with Crippen LogP contribution in [0.2, 0.25) is 0 Å². The first-order chi connectivity index (χ1) is 14.3. The van der Waals surface area contributed by atoms with E-state index in [4.69, 9.17) is 4.42 Å². The van der Waals surface area contributed by atoms with Crippen LogP contribution in [-0.4, -0.2) is 38.9 Å². The van der Waals surface area contributed by atoms with E-state index in [9.17, 15) is 4.79 Å². The number of amides is 1. The average molecular weight is 390 g/mol. The Morgan fingerprint density at radius 3 is 2.76 bits per heavy atom. The molecule has 29 heavy (non-hydrogen) atoms. The molecule has 1 amide bonds. The molecule has 0 atom stereocenters. The fourth-order valence-electron chi connectivity index (χ4n) is 2.95. The molecule has 0 aliphatic carbocycles.